The zero-order chi connectivity index (χ0) is 18.0. The monoisotopic (exact) mass is 318 g/mol. The highest BCUT2D eigenvalue weighted by Gasteiger charge is 2.27. The molecule has 126 valence electrons. The second-order valence-corrected chi connectivity index (χ2v) is 7.83. The third-order valence-corrected chi connectivity index (χ3v) is 3.49. The number of nitrogens with zero attached hydrogens (tertiary/aromatic N) is 3. The van der Waals surface area contributed by atoms with Gasteiger partial charge < -0.3 is 5.32 Å². The van der Waals surface area contributed by atoms with Gasteiger partial charge in [0.1, 0.15) is 18.2 Å². The quantitative estimate of drug-likeness (QED) is 0.920. The van der Waals surface area contributed by atoms with Crippen LogP contribution >= 0.6 is 0 Å². The summed E-state index contributed by atoms with van der Waals surface area (Å²) in [7, 11) is 0. The maximum atomic E-state index is 12.3. The predicted molar refractivity (Wildman–Crippen MR) is 89.0 cm³/mol. The zero-order valence-corrected chi connectivity index (χ0v) is 15.1. The van der Waals surface area contributed by atoms with Gasteiger partial charge in [-0.05, 0) is 45.1 Å². The van der Waals surface area contributed by atoms with Crippen molar-refractivity contribution in [3.8, 4) is 6.07 Å². The van der Waals surface area contributed by atoms with Gasteiger partial charge in [-0.2, -0.15) is 10.4 Å². The van der Waals surface area contributed by atoms with E-state index in [4.69, 9.17) is 5.26 Å². The fourth-order valence-corrected chi connectivity index (χ4v) is 2.93. The molecule has 1 rings (SSSR count). The first-order valence-electron chi connectivity index (χ1n) is 7.66. The number of hydrogen-bond acceptors (Lipinski definition) is 4. The van der Waals surface area contributed by atoms with E-state index in [9.17, 15) is 9.59 Å². The summed E-state index contributed by atoms with van der Waals surface area (Å²) in [6.45, 7) is 13.4. The minimum absolute atomic E-state index is 0.0410. The van der Waals surface area contributed by atoms with Crippen LogP contribution in [0.25, 0.3) is 0 Å². The van der Waals surface area contributed by atoms with Gasteiger partial charge in [0.2, 0.25) is 5.91 Å². The molecule has 6 nitrogen and oxygen atoms in total. The lowest BCUT2D eigenvalue weighted by atomic mass is 9.82. The Morgan fingerprint density at radius 3 is 2.30 bits per heavy atom. The van der Waals surface area contributed by atoms with Crippen LogP contribution in [0.1, 0.15) is 57.9 Å². The van der Waals surface area contributed by atoms with Crippen LogP contribution in [0.4, 0.5) is 0 Å². The third kappa shape index (κ3) is 5.20. The fraction of sp³-hybridized carbons (Fsp3) is 0.647. The van der Waals surface area contributed by atoms with Gasteiger partial charge in [0.05, 0.1) is 5.69 Å². The molecule has 1 aromatic heterocycles. The van der Waals surface area contributed by atoms with Gasteiger partial charge in [0.25, 0.3) is 5.56 Å². The Bertz CT molecular complexity index is 703. The molecule has 0 aliphatic carbocycles. The first-order chi connectivity index (χ1) is 10.4. The topological polar surface area (TPSA) is 87.8 Å². The average molecular weight is 318 g/mol. The lowest BCUT2D eigenvalue weighted by Gasteiger charge is -2.33. The van der Waals surface area contributed by atoms with E-state index in [1.54, 1.807) is 13.8 Å². The van der Waals surface area contributed by atoms with Gasteiger partial charge in [-0.3, -0.25) is 9.59 Å². The maximum absolute atomic E-state index is 12.3. The molecule has 0 unspecified atom stereocenters. The highest BCUT2D eigenvalue weighted by Crippen LogP contribution is 2.26. The first-order valence-corrected chi connectivity index (χ1v) is 7.66. The fourth-order valence-electron chi connectivity index (χ4n) is 2.93. The van der Waals surface area contributed by atoms with Crippen molar-refractivity contribution in [1.29, 1.82) is 5.26 Å². The third-order valence-electron chi connectivity index (χ3n) is 3.49. The number of rotatable bonds is 4. The van der Waals surface area contributed by atoms with E-state index in [0.717, 1.165) is 11.1 Å². The highest BCUT2D eigenvalue weighted by atomic mass is 16.2. The van der Waals surface area contributed by atoms with Gasteiger partial charge in [-0.25, -0.2) is 4.68 Å². The van der Waals surface area contributed by atoms with E-state index in [0.29, 0.717) is 11.3 Å². The minimum atomic E-state index is -0.528. The van der Waals surface area contributed by atoms with E-state index in [1.165, 1.54) is 0 Å². The molecule has 0 saturated heterocycles. The van der Waals surface area contributed by atoms with Crippen molar-refractivity contribution >= 4 is 5.91 Å². The molecule has 1 N–H and O–H groups in total. The summed E-state index contributed by atoms with van der Waals surface area (Å²) < 4.78 is 1.06. The number of aryl methyl sites for hydroxylation is 1. The van der Waals surface area contributed by atoms with Gasteiger partial charge in [-0.15, -0.1) is 0 Å². The van der Waals surface area contributed by atoms with Crippen molar-refractivity contribution in [2.24, 2.45) is 5.41 Å². The Labute approximate surface area is 137 Å². The van der Waals surface area contributed by atoms with Crippen molar-refractivity contribution in [2.45, 2.75) is 67.0 Å². The molecule has 0 atom stereocenters. The van der Waals surface area contributed by atoms with Gasteiger partial charge in [0.15, 0.2) is 0 Å². The van der Waals surface area contributed by atoms with E-state index in [1.807, 2.05) is 19.9 Å². The van der Waals surface area contributed by atoms with Crippen LogP contribution in [-0.4, -0.2) is 21.2 Å². The van der Waals surface area contributed by atoms with Crippen LogP contribution < -0.4 is 10.9 Å². The number of carbonyl (C=O) groups excluding carboxylic acids is 1. The summed E-state index contributed by atoms with van der Waals surface area (Å²) >= 11 is 0. The standard InChI is InChI=1S/C17H26N4O2/c1-11-12(2)20-21(15(23)13(11)8-18)9-14(22)19-17(6,7)10-16(3,4)5/h9-10H2,1-7H3,(H,19,22). The summed E-state index contributed by atoms with van der Waals surface area (Å²) in [5, 5.41) is 16.2. The summed E-state index contributed by atoms with van der Waals surface area (Å²) in [6.07, 6.45) is 0.796. The molecule has 6 heteroatoms. The van der Waals surface area contributed by atoms with Crippen LogP contribution in [0.3, 0.4) is 0 Å². The Kier molecular flexibility index (Phi) is 5.36. The van der Waals surface area contributed by atoms with Crippen molar-refractivity contribution in [2.75, 3.05) is 0 Å². The second kappa shape index (κ2) is 6.53. The Morgan fingerprint density at radius 1 is 1.26 bits per heavy atom. The molecule has 1 amide bonds. The van der Waals surface area contributed by atoms with Crippen LogP contribution in [0.2, 0.25) is 0 Å². The minimum Gasteiger partial charge on any atom is -0.350 e. The van der Waals surface area contributed by atoms with Crippen molar-refractivity contribution in [3.63, 3.8) is 0 Å². The summed E-state index contributed by atoms with van der Waals surface area (Å²) in [4.78, 5) is 24.5. The molecule has 23 heavy (non-hydrogen) atoms. The number of aromatic nitrogens is 2. The van der Waals surface area contributed by atoms with E-state index in [2.05, 4.69) is 31.2 Å². The van der Waals surface area contributed by atoms with Crippen molar-refractivity contribution < 1.29 is 4.79 Å². The second-order valence-electron chi connectivity index (χ2n) is 7.83. The Morgan fingerprint density at radius 2 is 1.83 bits per heavy atom. The SMILES string of the molecule is Cc1nn(CC(=O)NC(C)(C)CC(C)(C)C)c(=O)c(C#N)c1C. The lowest BCUT2D eigenvalue weighted by molar-refractivity contribution is -0.123. The molecule has 0 saturated carbocycles. The highest BCUT2D eigenvalue weighted by molar-refractivity contribution is 5.76. The van der Waals surface area contributed by atoms with Crippen LogP contribution in [0.5, 0.6) is 0 Å². The Balaban J connectivity index is 2.98. The molecular weight excluding hydrogens is 292 g/mol. The predicted octanol–water partition coefficient (Wildman–Crippen LogP) is 2.06. The van der Waals surface area contributed by atoms with Crippen LogP contribution in [-0.2, 0) is 11.3 Å². The summed E-state index contributed by atoms with van der Waals surface area (Å²) in [5.74, 6) is -0.291. The largest absolute Gasteiger partial charge is 0.350 e. The molecule has 1 heterocycles. The van der Waals surface area contributed by atoms with Crippen molar-refractivity contribution in [3.05, 3.63) is 27.2 Å². The normalized spacial score (nSPS) is 11.9. The maximum Gasteiger partial charge on any atom is 0.285 e. The first kappa shape index (κ1) is 18.9. The average Bonchev–Trinajstić information content (AvgIpc) is 2.32. The van der Waals surface area contributed by atoms with Gasteiger partial charge >= 0.3 is 0 Å². The van der Waals surface area contributed by atoms with Crippen LogP contribution in [0.15, 0.2) is 4.79 Å². The molecule has 0 fully saturated rings. The molecule has 1 aromatic rings. The number of nitrogens with one attached hydrogen (secondary N) is 1. The van der Waals surface area contributed by atoms with E-state index in [-0.39, 0.29) is 23.4 Å². The molecule has 0 spiro atoms. The molecule has 0 bridgehead atoms. The number of carbonyl (C=O) groups is 1. The number of nitriles is 1. The van der Waals surface area contributed by atoms with Crippen LogP contribution in [0, 0.1) is 30.6 Å². The van der Waals surface area contributed by atoms with Gasteiger partial charge in [-0.1, -0.05) is 20.8 Å². The van der Waals surface area contributed by atoms with Crippen molar-refractivity contribution in [1.82, 2.24) is 15.1 Å². The summed E-state index contributed by atoms with van der Waals surface area (Å²) in [5.41, 5.74) is 0.320. The number of amides is 1. The molecule has 0 aliphatic rings. The van der Waals surface area contributed by atoms with E-state index >= 15 is 0 Å². The molecule has 0 aliphatic heterocycles. The Hall–Kier alpha value is -2.16. The molecular formula is C17H26N4O2. The summed E-state index contributed by atoms with van der Waals surface area (Å²) in [6, 6.07) is 1.89. The smallest absolute Gasteiger partial charge is 0.285 e. The number of hydrogen-bond donors (Lipinski definition) is 1. The molecule has 0 radical (unpaired) electrons. The van der Waals surface area contributed by atoms with Gasteiger partial charge in [0, 0.05) is 5.54 Å². The molecule has 0 aromatic carbocycles. The zero-order valence-electron chi connectivity index (χ0n) is 15.1. The van der Waals surface area contributed by atoms with E-state index < -0.39 is 11.1 Å². The lowest BCUT2D eigenvalue weighted by Crippen LogP contribution is -2.48.